The first-order valence-corrected chi connectivity index (χ1v) is 8.93. The number of hydrogen-bond donors (Lipinski definition) is 1. The van der Waals surface area contributed by atoms with E-state index in [4.69, 9.17) is 4.52 Å². The van der Waals surface area contributed by atoms with Crippen LogP contribution in [0.5, 0.6) is 0 Å². The number of hydrogen-bond acceptors (Lipinski definition) is 4. The van der Waals surface area contributed by atoms with Crippen LogP contribution < -0.4 is 5.32 Å². The molecule has 0 unspecified atom stereocenters. The third kappa shape index (κ3) is 4.84. The Labute approximate surface area is 152 Å². The fourth-order valence-electron chi connectivity index (χ4n) is 2.86. The SMILES string of the molecule is O=C(Cc1ccccc1Br)NCc1nc(C2CCC(F)(F)CC2)no1. The van der Waals surface area contributed by atoms with Crippen molar-refractivity contribution in [3.05, 3.63) is 46.0 Å². The van der Waals surface area contributed by atoms with Crippen LogP contribution >= 0.6 is 15.9 Å². The van der Waals surface area contributed by atoms with E-state index < -0.39 is 5.92 Å². The highest BCUT2D eigenvalue weighted by atomic mass is 79.9. The van der Waals surface area contributed by atoms with Gasteiger partial charge in [0.15, 0.2) is 5.82 Å². The Kier molecular flexibility index (Phi) is 5.46. The summed E-state index contributed by atoms with van der Waals surface area (Å²) in [5.41, 5.74) is 0.884. The van der Waals surface area contributed by atoms with Crippen molar-refractivity contribution in [3.8, 4) is 0 Å². The number of nitrogens with one attached hydrogen (secondary N) is 1. The largest absolute Gasteiger partial charge is 0.347 e. The zero-order valence-corrected chi connectivity index (χ0v) is 15.1. The first-order chi connectivity index (χ1) is 11.9. The molecule has 1 aromatic heterocycles. The van der Waals surface area contributed by atoms with E-state index in [1.165, 1.54) is 0 Å². The third-order valence-electron chi connectivity index (χ3n) is 4.31. The lowest BCUT2D eigenvalue weighted by atomic mass is 9.86. The van der Waals surface area contributed by atoms with Gasteiger partial charge in [0.2, 0.25) is 17.7 Å². The summed E-state index contributed by atoms with van der Waals surface area (Å²) in [5.74, 6) is -2.11. The molecular weight excluding hydrogens is 396 g/mol. The third-order valence-corrected chi connectivity index (χ3v) is 5.09. The van der Waals surface area contributed by atoms with E-state index in [9.17, 15) is 13.6 Å². The minimum absolute atomic E-state index is 0.104. The maximum atomic E-state index is 13.2. The average molecular weight is 414 g/mol. The first-order valence-electron chi connectivity index (χ1n) is 8.13. The number of nitrogens with zero attached hydrogens (tertiary/aromatic N) is 2. The molecule has 1 aliphatic carbocycles. The molecule has 1 heterocycles. The fraction of sp³-hybridized carbons (Fsp3) is 0.471. The highest BCUT2D eigenvalue weighted by molar-refractivity contribution is 9.10. The van der Waals surface area contributed by atoms with Gasteiger partial charge >= 0.3 is 0 Å². The molecule has 134 valence electrons. The topological polar surface area (TPSA) is 68.0 Å². The monoisotopic (exact) mass is 413 g/mol. The van der Waals surface area contributed by atoms with Gasteiger partial charge in [0.05, 0.1) is 13.0 Å². The minimum atomic E-state index is -2.58. The van der Waals surface area contributed by atoms with Crippen molar-refractivity contribution >= 4 is 21.8 Å². The molecule has 8 heteroatoms. The number of amides is 1. The Bertz CT molecular complexity index is 741. The van der Waals surface area contributed by atoms with E-state index in [1.807, 2.05) is 24.3 Å². The van der Waals surface area contributed by atoms with Gasteiger partial charge in [-0.3, -0.25) is 4.79 Å². The molecule has 1 fully saturated rings. The van der Waals surface area contributed by atoms with Gasteiger partial charge in [0.25, 0.3) is 0 Å². The number of rotatable bonds is 5. The van der Waals surface area contributed by atoms with Crippen molar-refractivity contribution in [1.82, 2.24) is 15.5 Å². The number of carbonyl (C=O) groups is 1. The van der Waals surface area contributed by atoms with Gasteiger partial charge in [-0.25, -0.2) is 8.78 Å². The predicted octanol–water partition coefficient (Wildman–Crippen LogP) is 3.98. The lowest BCUT2D eigenvalue weighted by molar-refractivity contribution is -0.120. The molecule has 1 aromatic carbocycles. The van der Waals surface area contributed by atoms with Crippen LogP contribution in [0, 0.1) is 0 Å². The minimum Gasteiger partial charge on any atom is -0.347 e. The van der Waals surface area contributed by atoms with Crippen molar-refractivity contribution < 1.29 is 18.1 Å². The standard InChI is InChI=1S/C17H18BrF2N3O2/c18-13-4-2-1-3-12(13)9-14(24)21-10-15-22-16(23-25-15)11-5-7-17(19,20)8-6-11/h1-4,11H,5-10H2,(H,21,24). The lowest BCUT2D eigenvalue weighted by Crippen LogP contribution is -2.25. The summed E-state index contributed by atoms with van der Waals surface area (Å²) in [4.78, 5) is 16.2. The number of benzene rings is 1. The fourth-order valence-corrected chi connectivity index (χ4v) is 3.28. The summed E-state index contributed by atoms with van der Waals surface area (Å²) in [7, 11) is 0. The smallest absolute Gasteiger partial charge is 0.248 e. The molecule has 0 saturated heterocycles. The Morgan fingerprint density at radius 1 is 1.32 bits per heavy atom. The maximum absolute atomic E-state index is 13.2. The van der Waals surface area contributed by atoms with E-state index in [0.29, 0.717) is 18.7 Å². The van der Waals surface area contributed by atoms with Crippen molar-refractivity contribution in [2.24, 2.45) is 0 Å². The van der Waals surface area contributed by atoms with Crippen molar-refractivity contribution in [2.45, 2.75) is 50.5 Å². The van der Waals surface area contributed by atoms with Gasteiger partial charge in [0, 0.05) is 23.2 Å². The second kappa shape index (κ2) is 7.59. The zero-order chi connectivity index (χ0) is 17.9. The Morgan fingerprint density at radius 2 is 2.04 bits per heavy atom. The van der Waals surface area contributed by atoms with E-state index in [0.717, 1.165) is 10.0 Å². The summed E-state index contributed by atoms with van der Waals surface area (Å²) >= 11 is 3.40. The summed E-state index contributed by atoms with van der Waals surface area (Å²) < 4.78 is 32.4. The average Bonchev–Trinajstić information content (AvgIpc) is 3.04. The van der Waals surface area contributed by atoms with E-state index in [-0.39, 0.29) is 43.5 Å². The Morgan fingerprint density at radius 3 is 2.76 bits per heavy atom. The molecule has 0 aliphatic heterocycles. The van der Waals surface area contributed by atoms with Crippen LogP contribution in [-0.2, 0) is 17.8 Å². The molecule has 0 atom stereocenters. The summed E-state index contributed by atoms with van der Waals surface area (Å²) in [5, 5.41) is 6.60. The summed E-state index contributed by atoms with van der Waals surface area (Å²) in [6.07, 6.45) is 0.634. The first kappa shape index (κ1) is 18.0. The van der Waals surface area contributed by atoms with Gasteiger partial charge in [-0.05, 0) is 24.5 Å². The number of aromatic nitrogens is 2. The number of carbonyl (C=O) groups excluding carboxylic acids is 1. The predicted molar refractivity (Wildman–Crippen MR) is 90.1 cm³/mol. The molecule has 2 aromatic rings. The molecule has 1 aliphatic rings. The van der Waals surface area contributed by atoms with E-state index >= 15 is 0 Å². The molecule has 1 amide bonds. The molecule has 0 radical (unpaired) electrons. The number of alkyl halides is 2. The molecule has 1 N–H and O–H groups in total. The van der Waals surface area contributed by atoms with Gasteiger partial charge in [-0.15, -0.1) is 0 Å². The normalized spacial score (nSPS) is 17.4. The van der Waals surface area contributed by atoms with Gasteiger partial charge in [-0.2, -0.15) is 4.98 Å². The summed E-state index contributed by atoms with van der Waals surface area (Å²) in [6.45, 7) is 0.124. The lowest BCUT2D eigenvalue weighted by Gasteiger charge is -2.26. The Balaban J connectivity index is 1.50. The van der Waals surface area contributed by atoms with E-state index in [1.54, 1.807) is 0 Å². The molecule has 1 saturated carbocycles. The van der Waals surface area contributed by atoms with Crippen molar-refractivity contribution in [1.29, 1.82) is 0 Å². The van der Waals surface area contributed by atoms with Crippen LogP contribution in [0.4, 0.5) is 8.78 Å². The van der Waals surface area contributed by atoms with Gasteiger partial charge in [0.1, 0.15) is 0 Å². The van der Waals surface area contributed by atoms with E-state index in [2.05, 4.69) is 31.4 Å². The van der Waals surface area contributed by atoms with Crippen molar-refractivity contribution in [2.75, 3.05) is 0 Å². The molecular formula is C17H18BrF2N3O2. The summed E-state index contributed by atoms with van der Waals surface area (Å²) in [6, 6.07) is 7.49. The number of halogens is 3. The highest BCUT2D eigenvalue weighted by Gasteiger charge is 2.36. The van der Waals surface area contributed by atoms with Crippen LogP contribution in [0.25, 0.3) is 0 Å². The van der Waals surface area contributed by atoms with Crippen LogP contribution in [-0.4, -0.2) is 22.0 Å². The zero-order valence-electron chi connectivity index (χ0n) is 13.5. The maximum Gasteiger partial charge on any atom is 0.248 e. The second-order valence-electron chi connectivity index (χ2n) is 6.22. The molecule has 3 rings (SSSR count). The second-order valence-corrected chi connectivity index (χ2v) is 7.08. The van der Waals surface area contributed by atoms with Crippen LogP contribution in [0.1, 0.15) is 48.9 Å². The molecule has 0 spiro atoms. The van der Waals surface area contributed by atoms with Gasteiger partial charge in [-0.1, -0.05) is 39.3 Å². The molecule has 0 bridgehead atoms. The quantitative estimate of drug-likeness (QED) is 0.804. The molecule has 25 heavy (non-hydrogen) atoms. The Hall–Kier alpha value is -1.83. The highest BCUT2D eigenvalue weighted by Crippen LogP contribution is 2.39. The van der Waals surface area contributed by atoms with Gasteiger partial charge < -0.3 is 9.84 Å². The van der Waals surface area contributed by atoms with Crippen LogP contribution in [0.2, 0.25) is 0 Å². The van der Waals surface area contributed by atoms with Crippen molar-refractivity contribution in [3.63, 3.8) is 0 Å². The molecule has 5 nitrogen and oxygen atoms in total. The van der Waals surface area contributed by atoms with Crippen LogP contribution in [0.3, 0.4) is 0 Å². The van der Waals surface area contributed by atoms with Crippen LogP contribution in [0.15, 0.2) is 33.3 Å².